The molecule has 18 heavy (non-hydrogen) atoms. The van der Waals surface area contributed by atoms with Gasteiger partial charge in [-0.2, -0.15) is 0 Å². The molecule has 0 aliphatic carbocycles. The molecule has 0 aromatic carbocycles. The molecule has 0 atom stereocenters. The number of thiazole rings is 1. The van der Waals surface area contributed by atoms with Gasteiger partial charge in [-0.05, 0) is 12.8 Å². The van der Waals surface area contributed by atoms with Crippen LogP contribution in [0.15, 0.2) is 0 Å². The molecule has 0 spiro atoms. The fourth-order valence-corrected chi connectivity index (χ4v) is 2.48. The zero-order chi connectivity index (χ0) is 13.5. The van der Waals surface area contributed by atoms with E-state index in [-0.39, 0.29) is 17.2 Å². The second kappa shape index (κ2) is 7.10. The molecule has 0 saturated carbocycles. The van der Waals surface area contributed by atoms with Gasteiger partial charge in [0.05, 0.1) is 12.1 Å². The third-order valence-corrected chi connectivity index (χ3v) is 3.52. The van der Waals surface area contributed by atoms with Crippen molar-refractivity contribution in [1.29, 1.82) is 0 Å². The molecule has 0 saturated heterocycles. The molecule has 2 N–H and O–H groups in total. The second-order valence-electron chi connectivity index (χ2n) is 3.92. The average Bonchev–Trinajstić information content (AvgIpc) is 2.72. The van der Waals surface area contributed by atoms with Gasteiger partial charge in [-0.1, -0.05) is 20.3 Å². The molecule has 6 heteroatoms. The van der Waals surface area contributed by atoms with Crippen LogP contribution in [0.5, 0.6) is 0 Å². The number of rotatable bonds is 7. The van der Waals surface area contributed by atoms with E-state index < -0.39 is 5.97 Å². The molecule has 1 rings (SSSR count). The van der Waals surface area contributed by atoms with Gasteiger partial charge in [0, 0.05) is 6.54 Å². The number of amides is 1. The highest BCUT2D eigenvalue weighted by atomic mass is 32.1. The van der Waals surface area contributed by atoms with Crippen LogP contribution in [-0.2, 0) is 17.6 Å². The van der Waals surface area contributed by atoms with Crippen LogP contribution < -0.4 is 5.32 Å². The second-order valence-corrected chi connectivity index (χ2v) is 5.01. The molecule has 1 aromatic heterocycles. The number of hydrogen-bond donors (Lipinski definition) is 2. The summed E-state index contributed by atoms with van der Waals surface area (Å²) in [5.74, 6) is -1.07. The zero-order valence-corrected chi connectivity index (χ0v) is 11.5. The Kier molecular flexibility index (Phi) is 5.77. The SMILES string of the molecule is CCCCNC(=O)Cc1nc(CC)c(C(=O)O)s1. The summed E-state index contributed by atoms with van der Waals surface area (Å²) in [4.78, 5) is 27.0. The van der Waals surface area contributed by atoms with Crippen molar-refractivity contribution in [3.8, 4) is 0 Å². The van der Waals surface area contributed by atoms with Crippen molar-refractivity contribution in [3.63, 3.8) is 0 Å². The lowest BCUT2D eigenvalue weighted by Gasteiger charge is -2.01. The molecule has 0 radical (unpaired) electrons. The minimum absolute atomic E-state index is 0.100. The summed E-state index contributed by atoms with van der Waals surface area (Å²) in [5.41, 5.74) is 0.559. The van der Waals surface area contributed by atoms with E-state index in [9.17, 15) is 9.59 Å². The maximum Gasteiger partial charge on any atom is 0.347 e. The van der Waals surface area contributed by atoms with E-state index in [1.54, 1.807) is 0 Å². The number of nitrogens with zero attached hydrogens (tertiary/aromatic N) is 1. The number of carboxylic acid groups (broad SMARTS) is 1. The molecule has 1 heterocycles. The molecule has 1 amide bonds. The van der Waals surface area contributed by atoms with Crippen LogP contribution in [-0.4, -0.2) is 28.5 Å². The highest BCUT2D eigenvalue weighted by Crippen LogP contribution is 2.19. The molecule has 5 nitrogen and oxygen atoms in total. The van der Waals surface area contributed by atoms with E-state index in [0.29, 0.717) is 23.7 Å². The molecule has 100 valence electrons. The Balaban J connectivity index is 2.62. The van der Waals surface area contributed by atoms with E-state index in [4.69, 9.17) is 5.11 Å². The van der Waals surface area contributed by atoms with Crippen LogP contribution in [0.1, 0.15) is 47.1 Å². The minimum atomic E-state index is -0.970. The first-order chi connectivity index (χ1) is 8.58. The van der Waals surface area contributed by atoms with Crippen LogP contribution in [0, 0.1) is 0 Å². The van der Waals surface area contributed by atoms with Crippen molar-refractivity contribution in [2.45, 2.75) is 39.5 Å². The quantitative estimate of drug-likeness (QED) is 0.741. The lowest BCUT2D eigenvalue weighted by molar-refractivity contribution is -0.120. The Labute approximate surface area is 110 Å². The summed E-state index contributed by atoms with van der Waals surface area (Å²) in [6, 6.07) is 0. The number of carbonyl (C=O) groups is 2. The number of carbonyl (C=O) groups excluding carboxylic acids is 1. The van der Waals surface area contributed by atoms with Crippen molar-refractivity contribution in [2.24, 2.45) is 0 Å². The topological polar surface area (TPSA) is 79.3 Å². The summed E-state index contributed by atoms with van der Waals surface area (Å²) < 4.78 is 0. The van der Waals surface area contributed by atoms with Gasteiger partial charge < -0.3 is 10.4 Å². The van der Waals surface area contributed by atoms with E-state index >= 15 is 0 Å². The van der Waals surface area contributed by atoms with Gasteiger partial charge in [0.1, 0.15) is 9.88 Å². The molecule has 0 fully saturated rings. The third kappa shape index (κ3) is 4.10. The number of nitrogens with one attached hydrogen (secondary N) is 1. The van der Waals surface area contributed by atoms with Crippen molar-refractivity contribution >= 4 is 23.2 Å². The van der Waals surface area contributed by atoms with Gasteiger partial charge in [-0.25, -0.2) is 9.78 Å². The maximum absolute atomic E-state index is 11.6. The summed E-state index contributed by atoms with van der Waals surface area (Å²) in [6.45, 7) is 4.57. The fraction of sp³-hybridized carbons (Fsp3) is 0.583. The van der Waals surface area contributed by atoms with Gasteiger partial charge in [0.15, 0.2) is 0 Å². The van der Waals surface area contributed by atoms with E-state index in [0.717, 1.165) is 24.2 Å². The van der Waals surface area contributed by atoms with Crippen molar-refractivity contribution in [1.82, 2.24) is 10.3 Å². The standard InChI is InChI=1S/C12H18N2O3S/c1-3-5-6-13-9(15)7-10-14-8(4-2)11(18-10)12(16)17/h3-7H2,1-2H3,(H,13,15)(H,16,17). The van der Waals surface area contributed by atoms with Crippen molar-refractivity contribution in [2.75, 3.05) is 6.54 Å². The van der Waals surface area contributed by atoms with Gasteiger partial charge in [-0.3, -0.25) is 4.79 Å². The Morgan fingerprint density at radius 2 is 2.11 bits per heavy atom. The van der Waals surface area contributed by atoms with Crippen LogP contribution in [0.25, 0.3) is 0 Å². The first-order valence-electron chi connectivity index (χ1n) is 6.07. The first kappa shape index (κ1) is 14.6. The Morgan fingerprint density at radius 3 is 2.61 bits per heavy atom. The third-order valence-electron chi connectivity index (χ3n) is 2.44. The minimum Gasteiger partial charge on any atom is -0.477 e. The van der Waals surface area contributed by atoms with Crippen LogP contribution >= 0.6 is 11.3 Å². The summed E-state index contributed by atoms with van der Waals surface area (Å²) in [6.07, 6.45) is 2.70. The molecule has 1 aromatic rings. The first-order valence-corrected chi connectivity index (χ1v) is 6.88. The molecule has 0 aliphatic heterocycles. The molecule has 0 bridgehead atoms. The smallest absolute Gasteiger partial charge is 0.347 e. The largest absolute Gasteiger partial charge is 0.477 e. The number of aryl methyl sites for hydroxylation is 1. The van der Waals surface area contributed by atoms with Gasteiger partial charge in [0.25, 0.3) is 0 Å². The Morgan fingerprint density at radius 1 is 1.39 bits per heavy atom. The normalized spacial score (nSPS) is 10.3. The molecular weight excluding hydrogens is 252 g/mol. The maximum atomic E-state index is 11.6. The predicted octanol–water partition coefficient (Wildman–Crippen LogP) is 1.86. The molecule has 0 aliphatic rings. The number of unbranched alkanes of at least 4 members (excludes halogenated alkanes) is 1. The van der Waals surface area contributed by atoms with Gasteiger partial charge in [-0.15, -0.1) is 11.3 Å². The number of hydrogen-bond acceptors (Lipinski definition) is 4. The zero-order valence-electron chi connectivity index (χ0n) is 10.7. The molecule has 0 unspecified atom stereocenters. The number of carboxylic acids is 1. The van der Waals surface area contributed by atoms with E-state index in [1.807, 2.05) is 6.92 Å². The fourth-order valence-electron chi connectivity index (χ4n) is 1.49. The Hall–Kier alpha value is -1.43. The number of aromatic carboxylic acids is 1. The van der Waals surface area contributed by atoms with Crippen molar-refractivity contribution < 1.29 is 14.7 Å². The summed E-state index contributed by atoms with van der Waals surface area (Å²) >= 11 is 1.09. The monoisotopic (exact) mass is 270 g/mol. The van der Waals surface area contributed by atoms with Crippen LogP contribution in [0.4, 0.5) is 0 Å². The van der Waals surface area contributed by atoms with Gasteiger partial charge >= 0.3 is 5.97 Å². The lowest BCUT2D eigenvalue weighted by atomic mass is 10.3. The van der Waals surface area contributed by atoms with Crippen molar-refractivity contribution in [3.05, 3.63) is 15.6 Å². The summed E-state index contributed by atoms with van der Waals surface area (Å²) in [5, 5.41) is 12.3. The van der Waals surface area contributed by atoms with Crippen LogP contribution in [0.2, 0.25) is 0 Å². The highest BCUT2D eigenvalue weighted by molar-refractivity contribution is 7.13. The average molecular weight is 270 g/mol. The predicted molar refractivity (Wildman–Crippen MR) is 70.1 cm³/mol. The number of aromatic nitrogens is 1. The van der Waals surface area contributed by atoms with Gasteiger partial charge in [0.2, 0.25) is 5.91 Å². The summed E-state index contributed by atoms with van der Waals surface area (Å²) in [7, 11) is 0. The van der Waals surface area contributed by atoms with E-state index in [2.05, 4.69) is 17.2 Å². The Bertz CT molecular complexity index is 429. The highest BCUT2D eigenvalue weighted by Gasteiger charge is 2.17. The lowest BCUT2D eigenvalue weighted by Crippen LogP contribution is -2.25. The molecular formula is C12H18N2O3S. The van der Waals surface area contributed by atoms with E-state index in [1.165, 1.54) is 0 Å². The van der Waals surface area contributed by atoms with Crippen LogP contribution in [0.3, 0.4) is 0 Å².